The van der Waals surface area contributed by atoms with E-state index in [0.29, 0.717) is 25.8 Å². The summed E-state index contributed by atoms with van der Waals surface area (Å²) in [5.41, 5.74) is 2.62. The molecule has 5 nitrogen and oxygen atoms in total. The number of carbonyl (C=O) groups excluding carboxylic acids is 1. The lowest BCUT2D eigenvalue weighted by Crippen LogP contribution is -2.49. The summed E-state index contributed by atoms with van der Waals surface area (Å²) >= 11 is 0. The average Bonchev–Trinajstić information content (AvgIpc) is 3.26. The smallest absolute Gasteiger partial charge is 0.236 e. The predicted octanol–water partition coefficient (Wildman–Crippen LogP) is 2.50. The molecule has 1 amide bonds. The quantitative estimate of drug-likeness (QED) is 0.845. The highest BCUT2D eigenvalue weighted by molar-refractivity contribution is 5.78. The number of piperidine rings is 1. The molecule has 0 bridgehead atoms. The molecule has 3 saturated heterocycles. The van der Waals surface area contributed by atoms with E-state index in [-0.39, 0.29) is 5.91 Å². The molecular weight excluding hydrogens is 316 g/mol. The SMILES string of the molecule is Cc1ccc([C@@H]2CCCN2CC(=O)N2CCC3(CC2)OCCO3)cc1. The van der Waals surface area contributed by atoms with Crippen molar-refractivity contribution in [3.05, 3.63) is 35.4 Å². The first kappa shape index (κ1) is 17.0. The summed E-state index contributed by atoms with van der Waals surface area (Å²) in [6.07, 6.45) is 3.89. The van der Waals surface area contributed by atoms with E-state index < -0.39 is 5.79 Å². The molecule has 0 saturated carbocycles. The van der Waals surface area contributed by atoms with Gasteiger partial charge in [-0.25, -0.2) is 0 Å². The normalized spacial score (nSPS) is 26.4. The Kier molecular flexibility index (Phi) is 4.80. The van der Waals surface area contributed by atoms with Crippen LogP contribution in [0.1, 0.15) is 42.9 Å². The second-order valence-electron chi connectivity index (χ2n) is 7.53. The predicted molar refractivity (Wildman–Crippen MR) is 95.2 cm³/mol. The van der Waals surface area contributed by atoms with Crippen molar-refractivity contribution in [3.63, 3.8) is 0 Å². The van der Waals surface area contributed by atoms with Crippen LogP contribution in [0.5, 0.6) is 0 Å². The zero-order valence-corrected chi connectivity index (χ0v) is 15.1. The molecule has 4 rings (SSSR count). The molecule has 0 N–H and O–H groups in total. The van der Waals surface area contributed by atoms with Crippen molar-refractivity contribution in [1.29, 1.82) is 0 Å². The number of amides is 1. The van der Waals surface area contributed by atoms with E-state index in [0.717, 1.165) is 45.3 Å². The third kappa shape index (κ3) is 3.59. The first-order chi connectivity index (χ1) is 12.2. The second kappa shape index (κ2) is 7.06. The van der Waals surface area contributed by atoms with Gasteiger partial charge in [0, 0.05) is 32.0 Å². The highest BCUT2D eigenvalue weighted by Crippen LogP contribution is 2.33. The van der Waals surface area contributed by atoms with E-state index in [1.165, 1.54) is 11.1 Å². The van der Waals surface area contributed by atoms with Gasteiger partial charge in [0.1, 0.15) is 0 Å². The number of hydrogen-bond acceptors (Lipinski definition) is 4. The summed E-state index contributed by atoms with van der Waals surface area (Å²) < 4.78 is 11.5. The van der Waals surface area contributed by atoms with Gasteiger partial charge < -0.3 is 14.4 Å². The number of benzene rings is 1. The molecule has 3 aliphatic rings. The number of nitrogens with zero attached hydrogens (tertiary/aromatic N) is 2. The minimum absolute atomic E-state index is 0.242. The van der Waals surface area contributed by atoms with Crippen LogP contribution in [0, 0.1) is 6.92 Å². The van der Waals surface area contributed by atoms with Crippen LogP contribution in [-0.2, 0) is 14.3 Å². The number of hydrogen-bond donors (Lipinski definition) is 0. The number of aryl methyl sites for hydroxylation is 1. The van der Waals surface area contributed by atoms with Crippen molar-refractivity contribution >= 4 is 5.91 Å². The average molecular weight is 344 g/mol. The molecule has 1 aromatic rings. The van der Waals surface area contributed by atoms with Crippen molar-refractivity contribution in [1.82, 2.24) is 9.80 Å². The van der Waals surface area contributed by atoms with Crippen LogP contribution in [0.25, 0.3) is 0 Å². The molecular formula is C20H28N2O3. The van der Waals surface area contributed by atoms with Gasteiger partial charge in [-0.3, -0.25) is 9.69 Å². The Morgan fingerprint density at radius 2 is 1.80 bits per heavy atom. The zero-order valence-electron chi connectivity index (χ0n) is 15.1. The highest BCUT2D eigenvalue weighted by atomic mass is 16.7. The lowest BCUT2D eigenvalue weighted by Gasteiger charge is -2.38. The van der Waals surface area contributed by atoms with Crippen molar-refractivity contribution in [2.75, 3.05) is 39.4 Å². The maximum absolute atomic E-state index is 12.8. The monoisotopic (exact) mass is 344 g/mol. The zero-order chi connectivity index (χ0) is 17.3. The summed E-state index contributed by atoms with van der Waals surface area (Å²) in [6.45, 7) is 6.48. The molecule has 1 spiro atoms. The van der Waals surface area contributed by atoms with Crippen LogP contribution in [0.2, 0.25) is 0 Å². The van der Waals surface area contributed by atoms with E-state index in [1.54, 1.807) is 0 Å². The Balaban J connectivity index is 1.35. The molecule has 5 heteroatoms. The molecule has 136 valence electrons. The van der Waals surface area contributed by atoms with Gasteiger partial charge in [0.05, 0.1) is 19.8 Å². The molecule has 1 aromatic carbocycles. The first-order valence-corrected chi connectivity index (χ1v) is 9.52. The number of carbonyl (C=O) groups is 1. The third-order valence-corrected chi connectivity index (χ3v) is 5.86. The van der Waals surface area contributed by atoms with Crippen LogP contribution in [0.15, 0.2) is 24.3 Å². The Morgan fingerprint density at radius 3 is 2.48 bits per heavy atom. The summed E-state index contributed by atoms with van der Waals surface area (Å²) in [7, 11) is 0. The van der Waals surface area contributed by atoms with E-state index in [4.69, 9.17) is 9.47 Å². The van der Waals surface area contributed by atoms with Crippen LogP contribution in [0.3, 0.4) is 0 Å². The van der Waals surface area contributed by atoms with Gasteiger partial charge in [0.15, 0.2) is 5.79 Å². The Labute approximate surface area is 149 Å². The van der Waals surface area contributed by atoms with Gasteiger partial charge >= 0.3 is 0 Å². The van der Waals surface area contributed by atoms with E-state index in [9.17, 15) is 4.79 Å². The number of likely N-dealkylation sites (tertiary alicyclic amines) is 2. The van der Waals surface area contributed by atoms with Crippen LogP contribution in [-0.4, -0.2) is 60.9 Å². The molecule has 0 aliphatic carbocycles. The van der Waals surface area contributed by atoms with Crippen molar-refractivity contribution in [2.24, 2.45) is 0 Å². The minimum atomic E-state index is -0.408. The topological polar surface area (TPSA) is 42.0 Å². The second-order valence-corrected chi connectivity index (χ2v) is 7.53. The molecule has 1 atom stereocenters. The summed E-state index contributed by atoms with van der Waals surface area (Å²) in [6, 6.07) is 9.13. The Hall–Kier alpha value is -1.43. The lowest BCUT2D eigenvalue weighted by molar-refractivity contribution is -0.187. The van der Waals surface area contributed by atoms with Gasteiger partial charge in [-0.05, 0) is 31.9 Å². The summed E-state index contributed by atoms with van der Waals surface area (Å²) in [5.74, 6) is -0.165. The fraction of sp³-hybridized carbons (Fsp3) is 0.650. The van der Waals surface area contributed by atoms with Crippen LogP contribution in [0.4, 0.5) is 0 Å². The molecule has 3 aliphatic heterocycles. The van der Waals surface area contributed by atoms with Gasteiger partial charge in [0.25, 0.3) is 0 Å². The Morgan fingerprint density at radius 1 is 1.12 bits per heavy atom. The number of ether oxygens (including phenoxy) is 2. The maximum atomic E-state index is 12.8. The minimum Gasteiger partial charge on any atom is -0.347 e. The standard InChI is InChI=1S/C20H28N2O3/c1-16-4-6-17(7-5-16)18-3-2-10-22(18)15-19(23)21-11-8-20(9-12-21)24-13-14-25-20/h4-7,18H,2-3,8-15H2,1H3/t18-/m0/s1. The van der Waals surface area contributed by atoms with Crippen molar-refractivity contribution < 1.29 is 14.3 Å². The van der Waals surface area contributed by atoms with Crippen LogP contribution < -0.4 is 0 Å². The van der Waals surface area contributed by atoms with Gasteiger partial charge in [-0.15, -0.1) is 0 Å². The molecule has 3 fully saturated rings. The fourth-order valence-corrected chi connectivity index (χ4v) is 4.34. The van der Waals surface area contributed by atoms with Gasteiger partial charge in [0.2, 0.25) is 5.91 Å². The van der Waals surface area contributed by atoms with Gasteiger partial charge in [-0.2, -0.15) is 0 Å². The fourth-order valence-electron chi connectivity index (χ4n) is 4.34. The largest absolute Gasteiger partial charge is 0.347 e. The molecule has 0 radical (unpaired) electrons. The third-order valence-electron chi connectivity index (χ3n) is 5.86. The number of rotatable bonds is 3. The van der Waals surface area contributed by atoms with Gasteiger partial charge in [-0.1, -0.05) is 29.8 Å². The highest BCUT2D eigenvalue weighted by Gasteiger charge is 2.41. The van der Waals surface area contributed by atoms with Crippen molar-refractivity contribution in [3.8, 4) is 0 Å². The molecule has 3 heterocycles. The van der Waals surface area contributed by atoms with E-state index >= 15 is 0 Å². The van der Waals surface area contributed by atoms with E-state index in [2.05, 4.69) is 36.1 Å². The molecule has 25 heavy (non-hydrogen) atoms. The lowest BCUT2D eigenvalue weighted by atomic mass is 10.0. The van der Waals surface area contributed by atoms with E-state index in [1.807, 2.05) is 4.90 Å². The molecule has 0 unspecified atom stereocenters. The Bertz CT molecular complexity index is 600. The summed E-state index contributed by atoms with van der Waals surface area (Å²) in [4.78, 5) is 17.1. The first-order valence-electron chi connectivity index (χ1n) is 9.52. The van der Waals surface area contributed by atoms with Crippen LogP contribution >= 0.6 is 0 Å². The maximum Gasteiger partial charge on any atom is 0.236 e. The summed E-state index contributed by atoms with van der Waals surface area (Å²) in [5, 5.41) is 0. The molecule has 0 aromatic heterocycles. The van der Waals surface area contributed by atoms with Crippen molar-refractivity contribution in [2.45, 2.75) is 44.4 Å².